The first kappa shape index (κ1) is 25.2. The minimum Gasteiger partial charge on any atom is -0.463 e. The van der Waals surface area contributed by atoms with Crippen LogP contribution in [0.25, 0.3) is 5.70 Å². The molecule has 0 aliphatic carbocycles. The zero-order chi connectivity index (χ0) is 25.5. The third kappa shape index (κ3) is 5.49. The summed E-state index contributed by atoms with van der Waals surface area (Å²) < 4.78 is 5.47. The Morgan fingerprint density at radius 2 is 1.86 bits per heavy atom. The molecule has 0 saturated carbocycles. The van der Waals surface area contributed by atoms with Crippen LogP contribution >= 0.6 is 11.3 Å². The number of nitrogens with one attached hydrogen (secondary N) is 2. The van der Waals surface area contributed by atoms with Crippen LogP contribution in [0, 0.1) is 0 Å². The maximum absolute atomic E-state index is 13.4. The maximum Gasteiger partial charge on any atom is 0.338 e. The fourth-order valence-corrected chi connectivity index (χ4v) is 4.78. The standard InChI is InChI=1S/C28H29N3O4S/c1-3-5-16-31-25(19-11-7-6-8-12-19)23(27(33)35-4-2)24(30-28(31)34)20-13-9-14-21(18-20)29-26(32)22-15-10-17-36-22/h6-15,17-18,24H,3-5,16H2,1-2H3,(H,29,32)(H,30,34)/t24-/m1/s1. The Labute approximate surface area is 214 Å². The van der Waals surface area contributed by atoms with Gasteiger partial charge >= 0.3 is 12.0 Å². The van der Waals surface area contributed by atoms with E-state index in [9.17, 15) is 14.4 Å². The SMILES string of the molecule is CCCCN1C(=O)N[C@H](c2cccc(NC(=O)c3cccs3)c2)C(C(=O)OCC)=C1c1ccccc1. The van der Waals surface area contributed by atoms with Crippen molar-refractivity contribution in [3.05, 3.63) is 93.7 Å². The summed E-state index contributed by atoms with van der Waals surface area (Å²) >= 11 is 1.35. The molecule has 7 nitrogen and oxygen atoms in total. The predicted octanol–water partition coefficient (Wildman–Crippen LogP) is 5.84. The number of esters is 1. The molecule has 36 heavy (non-hydrogen) atoms. The van der Waals surface area contributed by atoms with Crippen LogP contribution in [0.4, 0.5) is 10.5 Å². The Morgan fingerprint density at radius 3 is 2.56 bits per heavy atom. The highest BCUT2D eigenvalue weighted by Gasteiger charge is 2.38. The fourth-order valence-electron chi connectivity index (χ4n) is 4.16. The van der Waals surface area contributed by atoms with E-state index in [1.54, 1.807) is 36.1 Å². The first-order valence-electron chi connectivity index (χ1n) is 12.0. The minimum atomic E-state index is -0.747. The minimum absolute atomic E-state index is 0.205. The average molecular weight is 504 g/mol. The van der Waals surface area contributed by atoms with Crippen LogP contribution in [0.15, 0.2) is 77.7 Å². The number of nitrogens with zero attached hydrogens (tertiary/aromatic N) is 1. The number of ether oxygens (including phenoxy) is 1. The number of hydrogen-bond acceptors (Lipinski definition) is 5. The molecule has 4 rings (SSSR count). The van der Waals surface area contributed by atoms with Crippen molar-refractivity contribution in [1.29, 1.82) is 0 Å². The second-order valence-corrected chi connectivity index (χ2v) is 9.24. The maximum atomic E-state index is 13.4. The van der Waals surface area contributed by atoms with Crippen LogP contribution < -0.4 is 10.6 Å². The molecule has 3 aromatic rings. The summed E-state index contributed by atoms with van der Waals surface area (Å²) in [7, 11) is 0. The number of amides is 3. The highest BCUT2D eigenvalue weighted by atomic mass is 32.1. The van der Waals surface area contributed by atoms with Crippen molar-refractivity contribution in [1.82, 2.24) is 10.2 Å². The number of rotatable bonds is 9. The van der Waals surface area contributed by atoms with Crippen molar-refractivity contribution in [2.24, 2.45) is 0 Å². The molecular formula is C28H29N3O4S. The fraction of sp³-hybridized carbons (Fsp3) is 0.250. The van der Waals surface area contributed by atoms with Gasteiger partial charge in [-0.15, -0.1) is 11.3 Å². The first-order chi connectivity index (χ1) is 17.5. The van der Waals surface area contributed by atoms with E-state index < -0.39 is 12.0 Å². The summed E-state index contributed by atoms with van der Waals surface area (Å²) in [5.41, 5.74) is 2.90. The van der Waals surface area contributed by atoms with Gasteiger partial charge in [0.05, 0.1) is 28.8 Å². The summed E-state index contributed by atoms with van der Waals surface area (Å²) in [4.78, 5) is 41.6. The summed E-state index contributed by atoms with van der Waals surface area (Å²) in [6.45, 7) is 4.49. The molecule has 1 aliphatic rings. The predicted molar refractivity (Wildman–Crippen MR) is 142 cm³/mol. The quantitative estimate of drug-likeness (QED) is 0.359. The number of hydrogen-bond donors (Lipinski definition) is 2. The van der Waals surface area contributed by atoms with E-state index in [1.165, 1.54) is 11.3 Å². The number of unbranched alkanes of at least 4 members (excludes halogenated alkanes) is 1. The molecule has 2 aromatic carbocycles. The largest absolute Gasteiger partial charge is 0.463 e. The van der Waals surface area contributed by atoms with Crippen molar-refractivity contribution in [2.75, 3.05) is 18.5 Å². The summed E-state index contributed by atoms with van der Waals surface area (Å²) in [5.74, 6) is -0.706. The lowest BCUT2D eigenvalue weighted by atomic mass is 9.91. The lowest BCUT2D eigenvalue weighted by Crippen LogP contribution is -2.48. The van der Waals surface area contributed by atoms with Crippen LogP contribution in [0.3, 0.4) is 0 Å². The van der Waals surface area contributed by atoms with E-state index in [0.717, 1.165) is 18.4 Å². The number of urea groups is 1. The third-order valence-corrected chi connectivity index (χ3v) is 6.70. The molecule has 0 saturated heterocycles. The molecular weight excluding hydrogens is 474 g/mol. The van der Waals surface area contributed by atoms with Gasteiger partial charge in [-0.05, 0) is 48.1 Å². The van der Waals surface area contributed by atoms with E-state index in [2.05, 4.69) is 17.6 Å². The normalized spacial score (nSPS) is 15.4. The lowest BCUT2D eigenvalue weighted by molar-refractivity contribution is -0.138. The van der Waals surface area contributed by atoms with Gasteiger partial charge < -0.3 is 15.4 Å². The van der Waals surface area contributed by atoms with E-state index in [-0.39, 0.29) is 18.5 Å². The molecule has 2 N–H and O–H groups in total. The average Bonchev–Trinajstić information content (AvgIpc) is 3.43. The van der Waals surface area contributed by atoms with Gasteiger partial charge in [0.15, 0.2) is 0 Å². The summed E-state index contributed by atoms with van der Waals surface area (Å²) in [6.07, 6.45) is 1.69. The van der Waals surface area contributed by atoms with Gasteiger partial charge in [-0.1, -0.05) is 61.9 Å². The van der Waals surface area contributed by atoms with E-state index >= 15 is 0 Å². The van der Waals surface area contributed by atoms with Gasteiger partial charge in [0.1, 0.15) is 0 Å². The molecule has 0 spiro atoms. The number of carbonyl (C=O) groups is 3. The lowest BCUT2D eigenvalue weighted by Gasteiger charge is -2.37. The van der Waals surface area contributed by atoms with Crippen LogP contribution in [0.2, 0.25) is 0 Å². The molecule has 3 amide bonds. The Kier molecular flexibility index (Phi) is 8.17. The zero-order valence-corrected chi connectivity index (χ0v) is 21.1. The van der Waals surface area contributed by atoms with Crippen LogP contribution in [0.1, 0.15) is 53.5 Å². The second-order valence-electron chi connectivity index (χ2n) is 8.29. The smallest absolute Gasteiger partial charge is 0.338 e. The van der Waals surface area contributed by atoms with Crippen LogP contribution in [-0.4, -0.2) is 36.0 Å². The number of anilines is 1. The van der Waals surface area contributed by atoms with Gasteiger partial charge in [-0.2, -0.15) is 0 Å². The molecule has 0 radical (unpaired) electrons. The van der Waals surface area contributed by atoms with E-state index in [0.29, 0.717) is 33.9 Å². The van der Waals surface area contributed by atoms with Gasteiger partial charge in [0, 0.05) is 12.2 Å². The van der Waals surface area contributed by atoms with Crippen molar-refractivity contribution in [3.8, 4) is 0 Å². The van der Waals surface area contributed by atoms with Gasteiger partial charge in [0.2, 0.25) is 0 Å². The van der Waals surface area contributed by atoms with Crippen molar-refractivity contribution in [3.63, 3.8) is 0 Å². The third-order valence-electron chi connectivity index (χ3n) is 5.83. The van der Waals surface area contributed by atoms with Crippen molar-refractivity contribution < 1.29 is 19.1 Å². The molecule has 0 bridgehead atoms. The molecule has 1 aromatic heterocycles. The molecule has 8 heteroatoms. The molecule has 0 unspecified atom stereocenters. The zero-order valence-electron chi connectivity index (χ0n) is 20.3. The van der Waals surface area contributed by atoms with Crippen molar-refractivity contribution in [2.45, 2.75) is 32.7 Å². The van der Waals surface area contributed by atoms with Crippen LogP contribution in [-0.2, 0) is 9.53 Å². The first-order valence-corrected chi connectivity index (χ1v) is 12.9. The number of benzene rings is 2. The van der Waals surface area contributed by atoms with Gasteiger partial charge in [0.25, 0.3) is 5.91 Å². The van der Waals surface area contributed by atoms with Gasteiger partial charge in [-0.25, -0.2) is 9.59 Å². The number of carbonyl (C=O) groups excluding carboxylic acids is 3. The number of thiophene rings is 1. The van der Waals surface area contributed by atoms with Crippen molar-refractivity contribution >= 4 is 40.6 Å². The van der Waals surface area contributed by atoms with Crippen LogP contribution in [0.5, 0.6) is 0 Å². The molecule has 186 valence electrons. The monoisotopic (exact) mass is 503 g/mol. The van der Waals surface area contributed by atoms with E-state index in [4.69, 9.17) is 4.74 Å². The Bertz CT molecular complexity index is 1250. The van der Waals surface area contributed by atoms with E-state index in [1.807, 2.05) is 47.8 Å². The summed E-state index contributed by atoms with van der Waals surface area (Å²) in [5, 5.41) is 7.75. The molecule has 1 aliphatic heterocycles. The molecule has 1 atom stereocenters. The second kappa shape index (κ2) is 11.7. The summed E-state index contributed by atoms with van der Waals surface area (Å²) in [6, 6.07) is 19.2. The Morgan fingerprint density at radius 1 is 1.06 bits per heavy atom. The van der Waals surface area contributed by atoms with Gasteiger partial charge in [-0.3, -0.25) is 9.69 Å². The highest BCUT2D eigenvalue weighted by molar-refractivity contribution is 7.12. The Hall–Kier alpha value is -3.91. The molecule has 0 fully saturated rings. The molecule has 2 heterocycles. The highest BCUT2D eigenvalue weighted by Crippen LogP contribution is 2.37. The Balaban J connectivity index is 1.80. The topological polar surface area (TPSA) is 87.7 Å².